The zero-order valence-corrected chi connectivity index (χ0v) is 20.5. The Kier molecular flexibility index (Phi) is 9.49. The molecule has 142 valence electrons. The largest absolute Gasteiger partial charge is 0.463 e. The summed E-state index contributed by atoms with van der Waals surface area (Å²) in [4.78, 5) is 47.0. The molecule has 0 saturated heterocycles. The van der Waals surface area contributed by atoms with E-state index in [2.05, 4.69) is 10.6 Å². The van der Waals surface area contributed by atoms with Gasteiger partial charge in [-0.3, -0.25) is 9.59 Å². The molecule has 1 aromatic rings. The number of esters is 2. The van der Waals surface area contributed by atoms with Crippen molar-refractivity contribution in [2.24, 2.45) is 0 Å². The lowest BCUT2D eigenvalue weighted by Gasteiger charge is -2.19. The Labute approximate surface area is 190 Å². The van der Waals surface area contributed by atoms with Gasteiger partial charge >= 0.3 is 11.9 Å². The highest BCUT2D eigenvalue weighted by atomic mass is 127. The van der Waals surface area contributed by atoms with Crippen LogP contribution < -0.4 is 10.6 Å². The number of ether oxygens (including phenoxy) is 2. The molecular formula is C15H15I3N2O6. The van der Waals surface area contributed by atoms with Crippen LogP contribution >= 0.6 is 67.8 Å². The Hall–Kier alpha value is -0.710. The smallest absolute Gasteiger partial charge is 0.344 e. The zero-order chi connectivity index (χ0) is 20.0. The maximum atomic E-state index is 12.5. The van der Waals surface area contributed by atoms with Gasteiger partial charge in [0.2, 0.25) is 11.8 Å². The highest BCUT2D eigenvalue weighted by Crippen LogP contribution is 2.39. The third-order valence-corrected chi connectivity index (χ3v) is 5.99. The van der Waals surface area contributed by atoms with Crippen LogP contribution in [-0.4, -0.2) is 37.0 Å². The van der Waals surface area contributed by atoms with Crippen LogP contribution in [0.4, 0.5) is 11.4 Å². The SMILES string of the molecule is CCOC(=O)COC(=O)c1c(I)c(NC(C)=O)c(I)c(NC(C)=O)c1I. The van der Waals surface area contributed by atoms with E-state index in [1.807, 2.05) is 67.8 Å². The lowest BCUT2D eigenvalue weighted by atomic mass is 10.1. The molecule has 2 amide bonds. The summed E-state index contributed by atoms with van der Waals surface area (Å²) in [7, 11) is 0. The number of rotatable bonds is 6. The maximum Gasteiger partial charge on any atom is 0.344 e. The lowest BCUT2D eigenvalue weighted by Crippen LogP contribution is -2.21. The molecule has 0 aliphatic rings. The molecule has 26 heavy (non-hydrogen) atoms. The standard InChI is InChI=1S/C15H15I3N2O6/c1-4-25-8(23)5-26-15(24)9-10(16)13(19-6(2)21)12(18)14(11(9)17)20-7(3)22/h4-5H2,1-3H3,(H,19,21)(H,20,22). The average Bonchev–Trinajstić information content (AvgIpc) is 2.53. The normalized spacial score (nSPS) is 10.1. The van der Waals surface area contributed by atoms with E-state index in [1.54, 1.807) is 6.92 Å². The van der Waals surface area contributed by atoms with Gasteiger partial charge in [0.1, 0.15) is 0 Å². The predicted molar refractivity (Wildman–Crippen MR) is 120 cm³/mol. The predicted octanol–water partition coefficient (Wildman–Crippen LogP) is 3.14. The minimum atomic E-state index is -0.763. The topological polar surface area (TPSA) is 111 Å². The summed E-state index contributed by atoms with van der Waals surface area (Å²) in [5.41, 5.74) is 0.903. The van der Waals surface area contributed by atoms with Crippen molar-refractivity contribution in [1.82, 2.24) is 0 Å². The molecule has 0 bridgehead atoms. The van der Waals surface area contributed by atoms with E-state index in [0.717, 1.165) is 0 Å². The van der Waals surface area contributed by atoms with Crippen molar-refractivity contribution >= 4 is 103 Å². The molecule has 0 aromatic heterocycles. The van der Waals surface area contributed by atoms with Gasteiger partial charge in [-0.2, -0.15) is 0 Å². The van der Waals surface area contributed by atoms with Crippen molar-refractivity contribution in [2.75, 3.05) is 23.8 Å². The lowest BCUT2D eigenvalue weighted by molar-refractivity contribution is -0.146. The molecule has 8 nitrogen and oxygen atoms in total. The molecule has 0 heterocycles. The highest BCUT2D eigenvalue weighted by molar-refractivity contribution is 14.1. The molecule has 0 saturated carbocycles. The number of halogens is 3. The van der Waals surface area contributed by atoms with E-state index in [9.17, 15) is 19.2 Å². The van der Waals surface area contributed by atoms with Crippen LogP contribution in [0, 0.1) is 10.7 Å². The fourth-order valence-corrected chi connectivity index (χ4v) is 5.96. The van der Waals surface area contributed by atoms with E-state index >= 15 is 0 Å². The highest BCUT2D eigenvalue weighted by Gasteiger charge is 2.27. The molecule has 0 fully saturated rings. The fraction of sp³-hybridized carbons (Fsp3) is 0.333. The third kappa shape index (κ3) is 6.17. The van der Waals surface area contributed by atoms with Crippen molar-refractivity contribution in [3.05, 3.63) is 16.3 Å². The molecule has 1 aromatic carbocycles. The van der Waals surface area contributed by atoms with Gasteiger partial charge in [0, 0.05) is 13.8 Å². The molecule has 0 aliphatic heterocycles. The van der Waals surface area contributed by atoms with Crippen LogP contribution in [0.15, 0.2) is 0 Å². The average molecular weight is 700 g/mol. The summed E-state index contributed by atoms with van der Waals surface area (Å²) in [6, 6.07) is 0. The zero-order valence-electron chi connectivity index (χ0n) is 14.0. The Balaban J connectivity index is 3.40. The second kappa shape index (κ2) is 10.6. The number of carbonyl (C=O) groups is 4. The second-order valence-corrected chi connectivity index (χ2v) is 8.05. The summed E-state index contributed by atoms with van der Waals surface area (Å²) in [5.74, 6) is -2.09. The first-order valence-corrected chi connectivity index (χ1v) is 10.4. The van der Waals surface area contributed by atoms with Crippen molar-refractivity contribution < 1.29 is 28.7 Å². The van der Waals surface area contributed by atoms with Crippen LogP contribution in [0.1, 0.15) is 31.1 Å². The number of carbonyl (C=O) groups excluding carboxylic acids is 4. The third-order valence-electron chi connectivity index (χ3n) is 2.75. The van der Waals surface area contributed by atoms with E-state index in [-0.39, 0.29) is 24.0 Å². The van der Waals surface area contributed by atoms with Crippen molar-refractivity contribution in [3.8, 4) is 0 Å². The molecule has 2 N–H and O–H groups in total. The second-order valence-electron chi connectivity index (χ2n) is 4.81. The Morgan fingerprint density at radius 1 is 0.846 bits per heavy atom. The summed E-state index contributed by atoms with van der Waals surface area (Å²) in [6.45, 7) is 3.95. The Morgan fingerprint density at radius 3 is 1.69 bits per heavy atom. The first-order valence-electron chi connectivity index (χ1n) is 7.18. The first kappa shape index (κ1) is 23.3. The maximum absolute atomic E-state index is 12.5. The monoisotopic (exact) mass is 700 g/mol. The molecule has 0 radical (unpaired) electrons. The Morgan fingerprint density at radius 2 is 1.31 bits per heavy atom. The van der Waals surface area contributed by atoms with E-state index in [1.165, 1.54) is 13.8 Å². The number of hydrogen-bond donors (Lipinski definition) is 2. The molecule has 0 aliphatic carbocycles. The van der Waals surface area contributed by atoms with E-state index in [0.29, 0.717) is 22.1 Å². The molecule has 11 heteroatoms. The summed E-state index contributed by atoms with van der Waals surface area (Å²) in [5, 5.41) is 5.31. The van der Waals surface area contributed by atoms with Crippen molar-refractivity contribution in [3.63, 3.8) is 0 Å². The quantitative estimate of drug-likeness (QED) is 0.349. The molecule has 1 rings (SSSR count). The van der Waals surface area contributed by atoms with Gasteiger partial charge in [0.05, 0.1) is 34.3 Å². The first-order chi connectivity index (χ1) is 12.1. The summed E-state index contributed by atoms with van der Waals surface area (Å²) < 4.78 is 11.2. The fourth-order valence-electron chi connectivity index (χ4n) is 1.81. The van der Waals surface area contributed by atoms with Gasteiger partial charge in [-0.1, -0.05) is 0 Å². The van der Waals surface area contributed by atoms with Gasteiger partial charge in [0.25, 0.3) is 0 Å². The van der Waals surface area contributed by atoms with Crippen LogP contribution in [0.25, 0.3) is 0 Å². The number of nitrogens with one attached hydrogen (secondary N) is 2. The minimum Gasteiger partial charge on any atom is -0.463 e. The van der Waals surface area contributed by atoms with Crippen LogP contribution in [-0.2, 0) is 23.9 Å². The molecular weight excluding hydrogens is 685 g/mol. The molecule has 0 spiro atoms. The number of amides is 2. The number of benzene rings is 1. The van der Waals surface area contributed by atoms with Gasteiger partial charge in [-0.05, 0) is 74.7 Å². The molecule has 0 atom stereocenters. The van der Waals surface area contributed by atoms with Gasteiger partial charge in [0.15, 0.2) is 6.61 Å². The van der Waals surface area contributed by atoms with Gasteiger partial charge < -0.3 is 20.1 Å². The summed E-state index contributed by atoms with van der Waals surface area (Å²) in [6.07, 6.45) is 0. The van der Waals surface area contributed by atoms with Crippen LogP contribution in [0.5, 0.6) is 0 Å². The summed E-state index contributed by atoms with van der Waals surface area (Å²) >= 11 is 5.80. The van der Waals surface area contributed by atoms with Crippen molar-refractivity contribution in [1.29, 1.82) is 0 Å². The molecule has 0 unspecified atom stereocenters. The number of anilines is 2. The Bertz CT molecular complexity index is 723. The van der Waals surface area contributed by atoms with E-state index < -0.39 is 18.5 Å². The van der Waals surface area contributed by atoms with E-state index in [4.69, 9.17) is 9.47 Å². The van der Waals surface area contributed by atoms with Crippen LogP contribution in [0.3, 0.4) is 0 Å². The van der Waals surface area contributed by atoms with Gasteiger partial charge in [-0.15, -0.1) is 0 Å². The minimum absolute atomic E-state index is 0.142. The van der Waals surface area contributed by atoms with Gasteiger partial charge in [-0.25, -0.2) is 9.59 Å². The number of hydrogen-bond acceptors (Lipinski definition) is 6. The van der Waals surface area contributed by atoms with Crippen LogP contribution in [0.2, 0.25) is 0 Å². The van der Waals surface area contributed by atoms with Crippen molar-refractivity contribution in [2.45, 2.75) is 20.8 Å².